The molecule has 0 aromatic heterocycles. The van der Waals surface area contributed by atoms with E-state index < -0.39 is 34.8 Å². The number of amides is 1. The van der Waals surface area contributed by atoms with Crippen molar-refractivity contribution in [1.82, 2.24) is 4.90 Å². The summed E-state index contributed by atoms with van der Waals surface area (Å²) in [7, 11) is 0. The maximum absolute atomic E-state index is 14.7. The van der Waals surface area contributed by atoms with E-state index in [1.807, 2.05) is 0 Å². The molecule has 1 amide bonds. The van der Waals surface area contributed by atoms with E-state index in [1.54, 1.807) is 13.8 Å². The number of guanidine groups is 1. The fourth-order valence-corrected chi connectivity index (χ4v) is 4.13. The average Bonchev–Trinajstić information content (AvgIpc) is 3.12. The predicted molar refractivity (Wildman–Crippen MR) is 104 cm³/mol. The lowest BCUT2D eigenvalue weighted by Gasteiger charge is -2.35. The fourth-order valence-electron chi connectivity index (χ4n) is 2.95. The highest BCUT2D eigenvalue weighted by Crippen LogP contribution is 2.39. The standard InChI is InChI=1S/C18H16ClF4N3O3S/c1-3-29-16(28)9(2)30-13-7-12(11(20)6-10(13)19)26-15(27)8-14(18(21,22)23)25-5-4-24-17(25)26/h6-9H,3-5H2,1-2H3. The molecule has 2 aliphatic rings. The Morgan fingerprint density at radius 1 is 1.40 bits per heavy atom. The van der Waals surface area contributed by atoms with Crippen LogP contribution in [0.25, 0.3) is 0 Å². The lowest BCUT2D eigenvalue weighted by molar-refractivity contribution is -0.142. The van der Waals surface area contributed by atoms with Gasteiger partial charge >= 0.3 is 12.1 Å². The lowest BCUT2D eigenvalue weighted by atomic mass is 10.2. The summed E-state index contributed by atoms with van der Waals surface area (Å²) >= 11 is 7.06. The number of esters is 1. The smallest absolute Gasteiger partial charge is 0.431 e. The molecule has 0 N–H and O–H groups in total. The molecule has 12 heteroatoms. The molecule has 30 heavy (non-hydrogen) atoms. The van der Waals surface area contributed by atoms with Crippen LogP contribution in [0.15, 0.2) is 33.8 Å². The molecule has 2 heterocycles. The highest BCUT2D eigenvalue weighted by molar-refractivity contribution is 8.00. The van der Waals surface area contributed by atoms with Gasteiger partial charge in [-0.1, -0.05) is 11.6 Å². The number of carbonyl (C=O) groups is 2. The third-order valence-electron chi connectivity index (χ3n) is 4.24. The molecule has 0 fully saturated rings. The van der Waals surface area contributed by atoms with Gasteiger partial charge in [0.1, 0.15) is 16.8 Å². The van der Waals surface area contributed by atoms with Crippen LogP contribution in [0.4, 0.5) is 23.2 Å². The van der Waals surface area contributed by atoms with Gasteiger partial charge in [0.05, 0.1) is 23.9 Å². The van der Waals surface area contributed by atoms with Crippen LogP contribution in [0.2, 0.25) is 5.02 Å². The number of carbonyl (C=O) groups excluding carboxylic acids is 2. The van der Waals surface area contributed by atoms with Crippen LogP contribution >= 0.6 is 23.4 Å². The number of hydrogen-bond donors (Lipinski definition) is 0. The number of halogens is 5. The van der Waals surface area contributed by atoms with Crippen LogP contribution in [0.3, 0.4) is 0 Å². The van der Waals surface area contributed by atoms with E-state index in [0.29, 0.717) is 6.08 Å². The zero-order chi connectivity index (χ0) is 22.2. The quantitative estimate of drug-likeness (QED) is 0.374. The monoisotopic (exact) mass is 465 g/mol. The molecule has 0 radical (unpaired) electrons. The Hall–Kier alpha value is -2.27. The van der Waals surface area contributed by atoms with Crippen LogP contribution in [0.5, 0.6) is 0 Å². The fraction of sp³-hybridized carbons (Fsp3) is 0.389. The maximum atomic E-state index is 14.7. The van der Waals surface area contributed by atoms with Crippen molar-refractivity contribution in [2.75, 3.05) is 24.6 Å². The second-order valence-electron chi connectivity index (χ2n) is 6.28. The molecule has 1 unspecified atom stereocenters. The lowest BCUT2D eigenvalue weighted by Crippen LogP contribution is -2.51. The summed E-state index contributed by atoms with van der Waals surface area (Å²) in [6.45, 7) is 3.31. The van der Waals surface area contributed by atoms with E-state index in [-0.39, 0.29) is 41.3 Å². The number of thioether (sulfide) groups is 1. The minimum Gasteiger partial charge on any atom is -0.465 e. The number of rotatable bonds is 5. The Bertz CT molecular complexity index is 951. The van der Waals surface area contributed by atoms with E-state index in [1.165, 1.54) is 6.07 Å². The Kier molecular flexibility index (Phi) is 6.32. The molecule has 0 saturated heterocycles. The van der Waals surface area contributed by atoms with Crippen molar-refractivity contribution in [3.05, 3.63) is 34.7 Å². The highest BCUT2D eigenvalue weighted by Gasteiger charge is 2.47. The Labute approximate surface area is 178 Å². The molecule has 0 spiro atoms. The number of anilines is 1. The second kappa shape index (κ2) is 8.46. The molecule has 162 valence electrons. The predicted octanol–water partition coefficient (Wildman–Crippen LogP) is 3.99. The number of aliphatic imine (C=N–C) groups is 1. The minimum absolute atomic E-state index is 0.0152. The number of allylic oxidation sites excluding steroid dienone is 1. The third kappa shape index (κ3) is 4.27. The highest BCUT2D eigenvalue weighted by atomic mass is 35.5. The van der Waals surface area contributed by atoms with E-state index >= 15 is 0 Å². The zero-order valence-corrected chi connectivity index (χ0v) is 17.4. The summed E-state index contributed by atoms with van der Waals surface area (Å²) in [5.41, 5.74) is -1.47. The molecule has 1 aromatic rings. The van der Waals surface area contributed by atoms with Gasteiger partial charge in [0.2, 0.25) is 5.96 Å². The molecule has 1 aromatic carbocycles. The summed E-state index contributed by atoms with van der Waals surface area (Å²) in [6, 6.07) is 2.15. The molecule has 0 saturated carbocycles. The van der Waals surface area contributed by atoms with E-state index in [4.69, 9.17) is 16.3 Å². The minimum atomic E-state index is -4.76. The number of hydrogen-bond acceptors (Lipinski definition) is 6. The average molecular weight is 466 g/mol. The molecule has 3 rings (SSSR count). The molecule has 0 aliphatic carbocycles. The number of nitrogens with zero attached hydrogens (tertiary/aromatic N) is 3. The first-order valence-electron chi connectivity index (χ1n) is 8.82. The van der Waals surface area contributed by atoms with Crippen molar-refractivity contribution in [3.63, 3.8) is 0 Å². The van der Waals surface area contributed by atoms with Crippen LogP contribution in [-0.2, 0) is 14.3 Å². The van der Waals surface area contributed by atoms with Crippen molar-refractivity contribution in [1.29, 1.82) is 0 Å². The van der Waals surface area contributed by atoms with E-state index in [0.717, 1.165) is 27.6 Å². The molecule has 0 bridgehead atoms. The second-order valence-corrected chi connectivity index (χ2v) is 8.07. The first kappa shape index (κ1) is 22.4. The Morgan fingerprint density at radius 3 is 2.73 bits per heavy atom. The van der Waals surface area contributed by atoms with Crippen LogP contribution < -0.4 is 4.90 Å². The van der Waals surface area contributed by atoms with Gasteiger partial charge in [-0.05, 0) is 26.0 Å². The summed E-state index contributed by atoms with van der Waals surface area (Å²) in [5, 5.41) is -0.700. The molecule has 6 nitrogen and oxygen atoms in total. The summed E-state index contributed by atoms with van der Waals surface area (Å²) in [4.78, 5) is 30.2. The van der Waals surface area contributed by atoms with Crippen molar-refractivity contribution < 1.29 is 31.9 Å². The Balaban J connectivity index is 2.00. The number of ether oxygens (including phenoxy) is 1. The van der Waals surface area contributed by atoms with Gasteiger partial charge in [0.25, 0.3) is 5.91 Å². The van der Waals surface area contributed by atoms with Crippen molar-refractivity contribution in [3.8, 4) is 0 Å². The van der Waals surface area contributed by atoms with Gasteiger partial charge in [-0.3, -0.25) is 14.6 Å². The normalized spacial score (nSPS) is 17.5. The Morgan fingerprint density at radius 2 is 2.10 bits per heavy atom. The van der Waals surface area contributed by atoms with Crippen LogP contribution in [0, 0.1) is 5.82 Å². The molecule has 1 atom stereocenters. The molecular weight excluding hydrogens is 450 g/mol. The van der Waals surface area contributed by atoms with Gasteiger partial charge in [0, 0.05) is 17.5 Å². The van der Waals surface area contributed by atoms with Gasteiger partial charge < -0.3 is 9.64 Å². The van der Waals surface area contributed by atoms with Crippen LogP contribution in [0.1, 0.15) is 13.8 Å². The van der Waals surface area contributed by atoms with Gasteiger partial charge in [-0.2, -0.15) is 13.2 Å². The molecule has 2 aliphatic heterocycles. The number of fused-ring (bicyclic) bond motifs is 1. The summed E-state index contributed by atoms with van der Waals surface area (Å²) in [5.74, 6) is -2.83. The zero-order valence-electron chi connectivity index (χ0n) is 15.8. The maximum Gasteiger partial charge on any atom is 0.431 e. The summed E-state index contributed by atoms with van der Waals surface area (Å²) in [6.07, 6.45) is -4.35. The number of benzene rings is 1. The molecular formula is C18H16ClF4N3O3S. The number of alkyl halides is 3. The van der Waals surface area contributed by atoms with Crippen LogP contribution in [-0.4, -0.2) is 53.9 Å². The first-order valence-corrected chi connectivity index (χ1v) is 10.1. The van der Waals surface area contributed by atoms with E-state index in [9.17, 15) is 27.2 Å². The summed E-state index contributed by atoms with van der Waals surface area (Å²) < 4.78 is 59.5. The topological polar surface area (TPSA) is 62.2 Å². The first-order chi connectivity index (χ1) is 14.0. The van der Waals surface area contributed by atoms with Gasteiger partial charge in [-0.25, -0.2) is 9.29 Å². The largest absolute Gasteiger partial charge is 0.465 e. The SMILES string of the molecule is CCOC(=O)C(C)Sc1cc(N2C(=O)C=C(C(F)(F)F)N3CCN=C32)c(F)cc1Cl. The van der Waals surface area contributed by atoms with Gasteiger partial charge in [-0.15, -0.1) is 11.8 Å². The van der Waals surface area contributed by atoms with Gasteiger partial charge in [0.15, 0.2) is 0 Å². The van der Waals surface area contributed by atoms with E-state index in [2.05, 4.69) is 4.99 Å². The van der Waals surface area contributed by atoms with Crippen molar-refractivity contribution in [2.45, 2.75) is 30.2 Å². The third-order valence-corrected chi connectivity index (χ3v) is 5.81. The van der Waals surface area contributed by atoms with Crippen molar-refractivity contribution >= 4 is 46.9 Å². The van der Waals surface area contributed by atoms with Crippen molar-refractivity contribution in [2.24, 2.45) is 4.99 Å².